The molecule has 1 aliphatic carbocycles. The Hall–Kier alpha value is -0.830. The van der Waals surface area contributed by atoms with Crippen molar-refractivity contribution in [2.75, 3.05) is 6.54 Å². The molecule has 0 radical (unpaired) electrons. The summed E-state index contributed by atoms with van der Waals surface area (Å²) in [5.41, 5.74) is 7.99. The summed E-state index contributed by atoms with van der Waals surface area (Å²) in [6.07, 6.45) is 3.40. The lowest BCUT2D eigenvalue weighted by atomic mass is 9.86. The quantitative estimate of drug-likeness (QED) is 0.685. The minimum Gasteiger partial charge on any atom is -0.361 e. The van der Waals surface area contributed by atoms with Gasteiger partial charge in [-0.2, -0.15) is 0 Å². The van der Waals surface area contributed by atoms with E-state index in [1.54, 1.807) is 0 Å². The zero-order valence-electron chi connectivity index (χ0n) is 7.34. The van der Waals surface area contributed by atoms with E-state index in [1.807, 2.05) is 6.92 Å². The number of hydrogen-bond acceptors (Lipinski definition) is 3. The Balaban J connectivity index is 2.41. The van der Waals surface area contributed by atoms with Crippen LogP contribution in [0.3, 0.4) is 0 Å². The van der Waals surface area contributed by atoms with Gasteiger partial charge in [0.1, 0.15) is 5.76 Å². The topological polar surface area (TPSA) is 52.0 Å². The van der Waals surface area contributed by atoms with Crippen molar-refractivity contribution in [1.29, 1.82) is 0 Å². The van der Waals surface area contributed by atoms with Crippen LogP contribution >= 0.6 is 0 Å². The molecule has 0 saturated heterocycles. The van der Waals surface area contributed by atoms with Crippen LogP contribution in [0, 0.1) is 6.92 Å². The van der Waals surface area contributed by atoms with Crippen LogP contribution in [0.4, 0.5) is 0 Å². The van der Waals surface area contributed by atoms with Crippen molar-refractivity contribution in [3.8, 4) is 0 Å². The Morgan fingerprint density at radius 1 is 1.67 bits per heavy atom. The molecule has 12 heavy (non-hydrogen) atoms. The molecular weight excluding hydrogens is 152 g/mol. The van der Waals surface area contributed by atoms with Gasteiger partial charge in [-0.1, -0.05) is 5.16 Å². The number of aromatic nitrogens is 1. The summed E-state index contributed by atoms with van der Waals surface area (Å²) in [5.74, 6) is 1.55. The number of aryl methyl sites for hydroxylation is 2. The van der Waals surface area contributed by atoms with E-state index in [-0.39, 0.29) is 0 Å². The lowest BCUT2D eigenvalue weighted by molar-refractivity contribution is 0.363. The van der Waals surface area contributed by atoms with Gasteiger partial charge < -0.3 is 10.3 Å². The van der Waals surface area contributed by atoms with Crippen LogP contribution in [-0.2, 0) is 6.42 Å². The first kappa shape index (κ1) is 7.80. The molecule has 1 atom stereocenters. The lowest BCUT2D eigenvalue weighted by Crippen LogP contribution is -2.17. The Labute approximate surface area is 71.9 Å². The minimum absolute atomic E-state index is 0.486. The van der Waals surface area contributed by atoms with Gasteiger partial charge in [0, 0.05) is 17.9 Å². The maximum atomic E-state index is 5.68. The van der Waals surface area contributed by atoms with E-state index in [0.717, 1.165) is 24.4 Å². The number of rotatable bonds is 1. The first-order valence-corrected chi connectivity index (χ1v) is 4.48. The highest BCUT2D eigenvalue weighted by Crippen LogP contribution is 2.32. The van der Waals surface area contributed by atoms with Gasteiger partial charge in [0.25, 0.3) is 0 Å². The second-order valence-corrected chi connectivity index (χ2v) is 3.43. The van der Waals surface area contributed by atoms with Crippen LogP contribution in [0.15, 0.2) is 4.52 Å². The molecule has 0 fully saturated rings. The first-order chi connectivity index (χ1) is 5.83. The fraction of sp³-hybridized carbons (Fsp3) is 0.667. The molecule has 0 saturated carbocycles. The number of nitrogens with two attached hydrogens (primary N) is 1. The number of nitrogens with zero attached hydrogens (tertiary/aromatic N) is 1. The van der Waals surface area contributed by atoms with Crippen LogP contribution in [0.5, 0.6) is 0 Å². The molecule has 3 heteroatoms. The van der Waals surface area contributed by atoms with E-state index < -0.39 is 0 Å². The predicted octanol–water partition coefficient (Wildman–Crippen LogP) is 1.36. The van der Waals surface area contributed by atoms with Crippen molar-refractivity contribution in [3.63, 3.8) is 0 Å². The van der Waals surface area contributed by atoms with Crippen LogP contribution in [0.2, 0.25) is 0 Å². The molecule has 2 N–H and O–H groups in total. The van der Waals surface area contributed by atoms with Gasteiger partial charge in [-0.25, -0.2) is 0 Å². The van der Waals surface area contributed by atoms with Gasteiger partial charge in [0.05, 0.1) is 5.69 Å². The van der Waals surface area contributed by atoms with Crippen LogP contribution in [0.25, 0.3) is 0 Å². The maximum absolute atomic E-state index is 5.68. The lowest BCUT2D eigenvalue weighted by Gasteiger charge is -2.19. The molecule has 3 nitrogen and oxygen atoms in total. The largest absolute Gasteiger partial charge is 0.361 e. The summed E-state index contributed by atoms with van der Waals surface area (Å²) in [6.45, 7) is 2.71. The third-order valence-corrected chi connectivity index (χ3v) is 2.63. The zero-order valence-corrected chi connectivity index (χ0v) is 7.34. The Bertz CT molecular complexity index is 280. The molecule has 0 aliphatic heterocycles. The Kier molecular flexibility index (Phi) is 1.89. The summed E-state index contributed by atoms with van der Waals surface area (Å²) in [7, 11) is 0. The molecule has 1 unspecified atom stereocenters. The highest BCUT2D eigenvalue weighted by Gasteiger charge is 2.24. The summed E-state index contributed by atoms with van der Waals surface area (Å²) >= 11 is 0. The van der Waals surface area contributed by atoms with Gasteiger partial charge in [0.2, 0.25) is 0 Å². The molecule has 1 aliphatic rings. The summed E-state index contributed by atoms with van der Waals surface area (Å²) < 4.78 is 5.21. The molecule has 66 valence electrons. The summed E-state index contributed by atoms with van der Waals surface area (Å²) in [5, 5.41) is 3.97. The van der Waals surface area contributed by atoms with Gasteiger partial charge in [-0.05, 0) is 26.3 Å². The third kappa shape index (κ3) is 1.05. The number of hydrogen-bond donors (Lipinski definition) is 1. The number of fused-ring (bicyclic) bond motifs is 1. The van der Waals surface area contributed by atoms with E-state index in [2.05, 4.69) is 5.16 Å². The molecule has 1 aromatic rings. The van der Waals surface area contributed by atoms with Crippen molar-refractivity contribution in [2.45, 2.75) is 32.1 Å². The minimum atomic E-state index is 0.486. The normalized spacial score (nSPS) is 22.3. The smallest absolute Gasteiger partial charge is 0.140 e. The molecule has 0 aromatic carbocycles. The van der Waals surface area contributed by atoms with Crippen molar-refractivity contribution < 1.29 is 4.52 Å². The molecule has 1 heterocycles. The monoisotopic (exact) mass is 166 g/mol. The van der Waals surface area contributed by atoms with Gasteiger partial charge in [-0.15, -0.1) is 0 Å². The standard InChI is InChI=1S/C9H14N2O/c1-6-9-7(5-10)3-2-4-8(9)12-11-6/h7H,2-5,10H2,1H3. The molecule has 0 amide bonds. The van der Waals surface area contributed by atoms with Crippen molar-refractivity contribution in [3.05, 3.63) is 17.0 Å². The molecular formula is C9H14N2O. The average molecular weight is 166 g/mol. The highest BCUT2D eigenvalue weighted by molar-refractivity contribution is 5.28. The Morgan fingerprint density at radius 2 is 2.50 bits per heavy atom. The maximum Gasteiger partial charge on any atom is 0.140 e. The molecule has 0 bridgehead atoms. The van der Waals surface area contributed by atoms with Crippen molar-refractivity contribution in [2.24, 2.45) is 5.73 Å². The van der Waals surface area contributed by atoms with Gasteiger partial charge in [0.15, 0.2) is 0 Å². The second kappa shape index (κ2) is 2.90. The first-order valence-electron chi connectivity index (χ1n) is 4.48. The fourth-order valence-electron chi connectivity index (χ4n) is 2.02. The van der Waals surface area contributed by atoms with Crippen molar-refractivity contribution in [1.82, 2.24) is 5.16 Å². The average Bonchev–Trinajstić information content (AvgIpc) is 2.48. The summed E-state index contributed by atoms with van der Waals surface area (Å²) in [4.78, 5) is 0. The van der Waals surface area contributed by atoms with Crippen LogP contribution in [-0.4, -0.2) is 11.7 Å². The zero-order chi connectivity index (χ0) is 8.55. The fourth-order valence-corrected chi connectivity index (χ4v) is 2.02. The molecule has 0 spiro atoms. The van der Waals surface area contributed by atoms with E-state index >= 15 is 0 Å². The van der Waals surface area contributed by atoms with E-state index in [9.17, 15) is 0 Å². The third-order valence-electron chi connectivity index (χ3n) is 2.63. The SMILES string of the molecule is Cc1noc2c1C(CN)CCC2. The van der Waals surface area contributed by atoms with E-state index in [4.69, 9.17) is 10.3 Å². The Morgan fingerprint density at radius 3 is 3.25 bits per heavy atom. The van der Waals surface area contributed by atoms with E-state index in [1.165, 1.54) is 18.4 Å². The van der Waals surface area contributed by atoms with Crippen molar-refractivity contribution >= 4 is 0 Å². The van der Waals surface area contributed by atoms with Gasteiger partial charge >= 0.3 is 0 Å². The molecule has 1 aromatic heterocycles. The summed E-state index contributed by atoms with van der Waals surface area (Å²) in [6, 6.07) is 0. The van der Waals surface area contributed by atoms with Crippen LogP contribution in [0.1, 0.15) is 35.8 Å². The molecule has 2 rings (SSSR count). The van der Waals surface area contributed by atoms with E-state index in [0.29, 0.717) is 5.92 Å². The van der Waals surface area contributed by atoms with Gasteiger partial charge in [-0.3, -0.25) is 0 Å². The van der Waals surface area contributed by atoms with Crippen LogP contribution < -0.4 is 5.73 Å². The predicted molar refractivity (Wildman–Crippen MR) is 46.0 cm³/mol. The highest BCUT2D eigenvalue weighted by atomic mass is 16.5. The second-order valence-electron chi connectivity index (χ2n) is 3.43.